The fourth-order valence-electron chi connectivity index (χ4n) is 1.88. The molecular formula is C13H14N2O4S. The second-order valence-electron chi connectivity index (χ2n) is 4.25. The molecule has 1 aliphatic heterocycles. The van der Waals surface area contributed by atoms with Gasteiger partial charge in [-0.25, -0.2) is 0 Å². The van der Waals surface area contributed by atoms with E-state index in [1.165, 1.54) is 21.6 Å². The van der Waals surface area contributed by atoms with E-state index >= 15 is 0 Å². The lowest BCUT2D eigenvalue weighted by atomic mass is 10.2. The Balaban J connectivity index is 2.12. The van der Waals surface area contributed by atoms with Crippen LogP contribution in [0.2, 0.25) is 0 Å². The molecule has 7 heteroatoms. The Bertz CT molecular complexity index is 520. The van der Waals surface area contributed by atoms with Crippen LogP contribution in [0.4, 0.5) is 10.5 Å². The van der Waals surface area contributed by atoms with E-state index in [2.05, 4.69) is 0 Å². The van der Waals surface area contributed by atoms with Gasteiger partial charge in [-0.3, -0.25) is 19.3 Å². The molecule has 0 atom stereocenters. The highest BCUT2D eigenvalue weighted by Gasteiger charge is 2.27. The minimum atomic E-state index is -1.09. The number of aliphatic carboxylic acids is 1. The molecule has 1 heterocycles. The van der Waals surface area contributed by atoms with Gasteiger partial charge in [-0.2, -0.15) is 0 Å². The number of benzene rings is 1. The number of hydrogen-bond donors (Lipinski definition) is 1. The molecule has 1 N–H and O–H groups in total. The summed E-state index contributed by atoms with van der Waals surface area (Å²) in [6, 6.07) is 8.58. The minimum Gasteiger partial charge on any atom is -0.480 e. The molecule has 0 bridgehead atoms. The quantitative estimate of drug-likeness (QED) is 0.885. The Morgan fingerprint density at radius 1 is 1.30 bits per heavy atom. The number of anilines is 1. The summed E-state index contributed by atoms with van der Waals surface area (Å²) in [4.78, 5) is 37.3. The van der Waals surface area contributed by atoms with Crippen LogP contribution in [0.5, 0.6) is 0 Å². The van der Waals surface area contributed by atoms with Gasteiger partial charge in [0.2, 0.25) is 5.91 Å². The molecule has 2 rings (SSSR count). The van der Waals surface area contributed by atoms with Crippen molar-refractivity contribution in [3.8, 4) is 0 Å². The molecule has 2 amide bonds. The molecule has 0 aromatic heterocycles. The molecule has 1 aromatic carbocycles. The van der Waals surface area contributed by atoms with E-state index in [0.29, 0.717) is 18.0 Å². The zero-order valence-electron chi connectivity index (χ0n) is 10.7. The first-order chi connectivity index (χ1) is 9.58. The summed E-state index contributed by atoms with van der Waals surface area (Å²) in [5.74, 6) is -0.824. The van der Waals surface area contributed by atoms with Gasteiger partial charge in [0.1, 0.15) is 13.1 Å². The van der Waals surface area contributed by atoms with E-state index in [0.717, 1.165) is 0 Å². The Morgan fingerprint density at radius 3 is 2.55 bits per heavy atom. The van der Waals surface area contributed by atoms with Crippen molar-refractivity contribution in [3.05, 3.63) is 30.3 Å². The Labute approximate surface area is 120 Å². The van der Waals surface area contributed by atoms with Gasteiger partial charge in [0.15, 0.2) is 0 Å². The lowest BCUT2D eigenvalue weighted by molar-refractivity contribution is -0.136. The van der Waals surface area contributed by atoms with Gasteiger partial charge in [-0.15, -0.1) is 0 Å². The molecule has 6 nitrogen and oxygen atoms in total. The number of carbonyl (C=O) groups excluding carboxylic acids is 2. The van der Waals surface area contributed by atoms with Crippen molar-refractivity contribution in [1.29, 1.82) is 0 Å². The zero-order chi connectivity index (χ0) is 14.5. The lowest BCUT2D eigenvalue weighted by Crippen LogP contribution is -2.43. The summed E-state index contributed by atoms with van der Waals surface area (Å²) < 4.78 is 0. The van der Waals surface area contributed by atoms with Crippen molar-refractivity contribution in [2.45, 2.75) is 0 Å². The number of carboxylic acid groups (broad SMARTS) is 1. The molecule has 1 aromatic rings. The van der Waals surface area contributed by atoms with Crippen molar-refractivity contribution in [2.24, 2.45) is 0 Å². The van der Waals surface area contributed by atoms with Gasteiger partial charge in [0.25, 0.3) is 5.24 Å². The van der Waals surface area contributed by atoms with Crippen LogP contribution in [0.3, 0.4) is 0 Å². The van der Waals surface area contributed by atoms with Gasteiger partial charge in [-0.1, -0.05) is 30.0 Å². The van der Waals surface area contributed by atoms with Crippen molar-refractivity contribution in [1.82, 2.24) is 4.90 Å². The van der Waals surface area contributed by atoms with Crippen molar-refractivity contribution >= 4 is 34.6 Å². The van der Waals surface area contributed by atoms with Crippen LogP contribution < -0.4 is 4.90 Å². The molecule has 1 aliphatic rings. The third-order valence-electron chi connectivity index (χ3n) is 2.83. The van der Waals surface area contributed by atoms with E-state index < -0.39 is 18.4 Å². The molecule has 20 heavy (non-hydrogen) atoms. The molecule has 0 aliphatic carbocycles. The second-order valence-corrected chi connectivity index (χ2v) is 5.29. The Kier molecular flexibility index (Phi) is 4.62. The first-order valence-electron chi connectivity index (χ1n) is 6.07. The molecule has 1 saturated heterocycles. The van der Waals surface area contributed by atoms with E-state index in [1.54, 1.807) is 30.3 Å². The summed E-state index contributed by atoms with van der Waals surface area (Å²) in [7, 11) is 0. The molecule has 1 fully saturated rings. The third-order valence-corrected chi connectivity index (χ3v) is 3.73. The predicted octanol–water partition coefficient (Wildman–Crippen LogP) is 1.27. The predicted molar refractivity (Wildman–Crippen MR) is 75.9 cm³/mol. The average molecular weight is 294 g/mol. The number of nitrogens with zero attached hydrogens (tertiary/aromatic N) is 2. The van der Waals surface area contributed by atoms with E-state index in [9.17, 15) is 14.4 Å². The van der Waals surface area contributed by atoms with Gasteiger partial charge < -0.3 is 10.0 Å². The zero-order valence-corrected chi connectivity index (χ0v) is 11.5. The van der Waals surface area contributed by atoms with Crippen LogP contribution in [-0.2, 0) is 9.59 Å². The Hall–Kier alpha value is -2.02. The lowest BCUT2D eigenvalue weighted by Gasteiger charge is -2.23. The maximum Gasteiger partial charge on any atom is 0.323 e. The number of carbonyl (C=O) groups is 3. The van der Waals surface area contributed by atoms with Crippen molar-refractivity contribution in [2.75, 3.05) is 30.3 Å². The summed E-state index contributed by atoms with van der Waals surface area (Å²) in [6.07, 6.45) is 0. The molecule has 106 valence electrons. The fraction of sp³-hybridized carbons (Fsp3) is 0.308. The standard InChI is InChI=1S/C13H14N2O4S/c16-11(8-14-6-7-20-13(14)19)15(9-12(17)18)10-4-2-1-3-5-10/h1-5H,6-9H2,(H,17,18). The first-order valence-corrected chi connectivity index (χ1v) is 7.05. The molecular weight excluding hydrogens is 280 g/mol. The summed E-state index contributed by atoms with van der Waals surface area (Å²) >= 11 is 1.17. The fourth-order valence-corrected chi connectivity index (χ4v) is 2.71. The number of hydrogen-bond acceptors (Lipinski definition) is 4. The average Bonchev–Trinajstić information content (AvgIpc) is 2.82. The van der Waals surface area contributed by atoms with Gasteiger partial charge in [-0.05, 0) is 12.1 Å². The second kappa shape index (κ2) is 6.42. The maximum atomic E-state index is 12.2. The Morgan fingerprint density at radius 2 is 2.00 bits per heavy atom. The SMILES string of the molecule is O=C(O)CN(C(=O)CN1CCSC1=O)c1ccccc1. The van der Waals surface area contributed by atoms with Crippen LogP contribution in [0, 0.1) is 0 Å². The maximum absolute atomic E-state index is 12.2. The molecule has 0 saturated carbocycles. The van der Waals surface area contributed by atoms with Crippen LogP contribution >= 0.6 is 11.8 Å². The molecule has 0 unspecified atom stereocenters. The largest absolute Gasteiger partial charge is 0.480 e. The normalized spacial score (nSPS) is 14.4. The number of carboxylic acids is 1. The highest BCUT2D eigenvalue weighted by Crippen LogP contribution is 2.19. The van der Waals surface area contributed by atoms with E-state index in [4.69, 9.17) is 5.11 Å². The monoisotopic (exact) mass is 294 g/mol. The summed E-state index contributed by atoms with van der Waals surface area (Å²) in [6.45, 7) is 0.0109. The summed E-state index contributed by atoms with van der Waals surface area (Å²) in [5, 5.41) is 8.79. The number of amides is 2. The van der Waals surface area contributed by atoms with Crippen molar-refractivity contribution in [3.63, 3.8) is 0 Å². The van der Waals surface area contributed by atoms with E-state index in [1.807, 2.05) is 0 Å². The van der Waals surface area contributed by atoms with Crippen LogP contribution in [0.1, 0.15) is 0 Å². The van der Waals surface area contributed by atoms with Gasteiger partial charge >= 0.3 is 5.97 Å². The van der Waals surface area contributed by atoms with Crippen molar-refractivity contribution < 1.29 is 19.5 Å². The van der Waals surface area contributed by atoms with Gasteiger partial charge in [0, 0.05) is 18.0 Å². The third kappa shape index (κ3) is 3.51. The van der Waals surface area contributed by atoms with Crippen LogP contribution in [0.25, 0.3) is 0 Å². The minimum absolute atomic E-state index is 0.0893. The highest BCUT2D eigenvalue weighted by molar-refractivity contribution is 8.13. The van der Waals surface area contributed by atoms with Crippen LogP contribution in [-0.4, -0.2) is 52.5 Å². The highest BCUT2D eigenvalue weighted by atomic mass is 32.2. The first kappa shape index (κ1) is 14.4. The van der Waals surface area contributed by atoms with Crippen LogP contribution in [0.15, 0.2) is 30.3 Å². The number of rotatable bonds is 5. The molecule has 0 radical (unpaired) electrons. The summed E-state index contributed by atoms with van der Waals surface area (Å²) in [5.41, 5.74) is 0.513. The number of para-hydroxylation sites is 1. The van der Waals surface area contributed by atoms with E-state index in [-0.39, 0.29) is 11.8 Å². The van der Waals surface area contributed by atoms with Gasteiger partial charge in [0.05, 0.1) is 0 Å². The number of thioether (sulfide) groups is 1. The smallest absolute Gasteiger partial charge is 0.323 e. The topological polar surface area (TPSA) is 77.9 Å². The molecule has 0 spiro atoms.